The van der Waals surface area contributed by atoms with Crippen molar-refractivity contribution in [2.45, 2.75) is 39.7 Å². The lowest BCUT2D eigenvalue weighted by Crippen LogP contribution is -2.33. The molecule has 1 aromatic heterocycles. The summed E-state index contributed by atoms with van der Waals surface area (Å²) in [5.74, 6) is 0.673. The van der Waals surface area contributed by atoms with Gasteiger partial charge in [-0.15, -0.1) is 0 Å². The van der Waals surface area contributed by atoms with Gasteiger partial charge in [-0.25, -0.2) is 0 Å². The molecule has 0 unspecified atom stereocenters. The van der Waals surface area contributed by atoms with Crippen LogP contribution in [0.5, 0.6) is 5.75 Å². The van der Waals surface area contributed by atoms with Crippen molar-refractivity contribution in [3.8, 4) is 5.75 Å². The van der Waals surface area contributed by atoms with E-state index < -0.39 is 6.04 Å². The second kappa shape index (κ2) is 10.2. The predicted molar refractivity (Wildman–Crippen MR) is 130 cm³/mol. The molecule has 0 saturated carbocycles. The number of rotatable bonds is 10. The summed E-state index contributed by atoms with van der Waals surface area (Å²) in [5.41, 5.74) is 1.59. The van der Waals surface area contributed by atoms with Crippen molar-refractivity contribution in [1.82, 2.24) is 9.80 Å². The molecule has 0 bridgehead atoms. The Balaban J connectivity index is 1.77. The minimum absolute atomic E-state index is 0.142. The van der Waals surface area contributed by atoms with Crippen LogP contribution in [0.25, 0.3) is 11.0 Å². The number of carbonyl (C=O) groups excluding carboxylic acids is 1. The molecular formula is C27H32N2O4. The Morgan fingerprint density at radius 2 is 1.82 bits per heavy atom. The molecule has 2 heterocycles. The van der Waals surface area contributed by atoms with Crippen LogP contribution < -0.4 is 10.2 Å². The zero-order valence-corrected chi connectivity index (χ0v) is 19.7. The fourth-order valence-electron chi connectivity index (χ4n) is 4.54. The Bertz CT molecular complexity index is 1180. The Hall–Kier alpha value is -3.12. The van der Waals surface area contributed by atoms with E-state index in [2.05, 4.69) is 25.7 Å². The van der Waals surface area contributed by atoms with Gasteiger partial charge >= 0.3 is 0 Å². The summed E-state index contributed by atoms with van der Waals surface area (Å²) in [7, 11) is 0. The first-order valence-electron chi connectivity index (χ1n) is 11.9. The van der Waals surface area contributed by atoms with E-state index in [1.807, 2.05) is 36.4 Å². The summed E-state index contributed by atoms with van der Waals surface area (Å²) in [6.07, 6.45) is 1.72. The molecule has 3 aromatic rings. The first-order valence-corrected chi connectivity index (χ1v) is 11.9. The van der Waals surface area contributed by atoms with Crippen LogP contribution in [0.4, 0.5) is 0 Å². The highest BCUT2D eigenvalue weighted by atomic mass is 16.5. The molecule has 1 aliphatic heterocycles. The van der Waals surface area contributed by atoms with E-state index in [4.69, 9.17) is 9.15 Å². The van der Waals surface area contributed by atoms with E-state index in [0.717, 1.165) is 43.8 Å². The first kappa shape index (κ1) is 23.1. The fraction of sp³-hybridized carbons (Fsp3) is 0.407. The molecule has 4 rings (SSSR count). The number of fused-ring (bicyclic) bond motifs is 2. The minimum Gasteiger partial charge on any atom is -0.494 e. The van der Waals surface area contributed by atoms with Crippen molar-refractivity contribution in [3.05, 3.63) is 75.6 Å². The average molecular weight is 449 g/mol. The number of benzene rings is 2. The van der Waals surface area contributed by atoms with Crippen molar-refractivity contribution < 1.29 is 13.9 Å². The lowest BCUT2D eigenvalue weighted by atomic mass is 9.98. The Kier molecular flexibility index (Phi) is 7.14. The van der Waals surface area contributed by atoms with E-state index in [-0.39, 0.29) is 17.1 Å². The number of ether oxygens (including phenoxy) is 1. The molecule has 0 N–H and O–H groups in total. The van der Waals surface area contributed by atoms with Gasteiger partial charge in [0, 0.05) is 6.54 Å². The van der Waals surface area contributed by atoms with Gasteiger partial charge in [0.1, 0.15) is 11.3 Å². The van der Waals surface area contributed by atoms with Crippen molar-refractivity contribution in [1.29, 1.82) is 0 Å². The smallest absolute Gasteiger partial charge is 0.290 e. The zero-order chi connectivity index (χ0) is 23.4. The molecule has 0 aliphatic carbocycles. The Labute approximate surface area is 194 Å². The molecule has 6 heteroatoms. The minimum atomic E-state index is -0.491. The molecule has 0 fully saturated rings. The van der Waals surface area contributed by atoms with E-state index in [0.29, 0.717) is 29.7 Å². The molecule has 1 amide bonds. The van der Waals surface area contributed by atoms with Gasteiger partial charge in [-0.1, -0.05) is 45.0 Å². The molecule has 174 valence electrons. The van der Waals surface area contributed by atoms with Crippen LogP contribution in [-0.2, 0) is 0 Å². The van der Waals surface area contributed by atoms with Crippen LogP contribution >= 0.6 is 0 Å². The zero-order valence-electron chi connectivity index (χ0n) is 19.7. The molecule has 33 heavy (non-hydrogen) atoms. The second-order valence-electron chi connectivity index (χ2n) is 8.37. The third-order valence-electron chi connectivity index (χ3n) is 6.29. The van der Waals surface area contributed by atoms with Crippen LogP contribution in [0.3, 0.4) is 0 Å². The number of nitrogens with zero attached hydrogens (tertiary/aromatic N) is 2. The van der Waals surface area contributed by atoms with E-state index in [1.54, 1.807) is 17.0 Å². The topological polar surface area (TPSA) is 63.0 Å². The fourth-order valence-corrected chi connectivity index (χ4v) is 4.54. The normalized spacial score (nSPS) is 15.5. The monoisotopic (exact) mass is 448 g/mol. The van der Waals surface area contributed by atoms with Crippen LogP contribution in [0.15, 0.2) is 57.7 Å². The molecule has 1 aliphatic rings. The molecule has 6 nitrogen and oxygen atoms in total. The third-order valence-corrected chi connectivity index (χ3v) is 6.29. The molecule has 0 radical (unpaired) electrons. The van der Waals surface area contributed by atoms with E-state index in [9.17, 15) is 9.59 Å². The van der Waals surface area contributed by atoms with Gasteiger partial charge in [-0.05, 0) is 62.3 Å². The Morgan fingerprint density at radius 3 is 2.58 bits per heavy atom. The van der Waals surface area contributed by atoms with Crippen molar-refractivity contribution in [2.24, 2.45) is 0 Å². The summed E-state index contributed by atoms with van der Waals surface area (Å²) in [6.45, 7) is 10.3. The predicted octanol–water partition coefficient (Wildman–Crippen LogP) is 4.86. The maximum atomic E-state index is 13.5. The standard InChI is InChI=1S/C27H32N2O4/c1-4-17-32-20-12-9-11-19(18-20)24-23-25(30)21-13-7-8-14-22(21)33-26(23)27(31)29(24)16-10-15-28(5-2)6-3/h7-9,11-14,18,24H,4-6,10,15-17H2,1-3H3/t24-/m1/s1. The highest BCUT2D eigenvalue weighted by Gasteiger charge is 2.42. The summed E-state index contributed by atoms with van der Waals surface area (Å²) in [5, 5.41) is 0.498. The average Bonchev–Trinajstić information content (AvgIpc) is 3.12. The molecule has 2 aromatic carbocycles. The van der Waals surface area contributed by atoms with Gasteiger partial charge in [0.15, 0.2) is 5.43 Å². The first-order chi connectivity index (χ1) is 16.1. The lowest BCUT2D eigenvalue weighted by Gasteiger charge is -2.27. The van der Waals surface area contributed by atoms with Gasteiger partial charge in [0.05, 0.1) is 23.6 Å². The second-order valence-corrected chi connectivity index (χ2v) is 8.37. The Morgan fingerprint density at radius 1 is 1.03 bits per heavy atom. The van der Waals surface area contributed by atoms with Crippen LogP contribution in [0.1, 0.15) is 61.3 Å². The van der Waals surface area contributed by atoms with Gasteiger partial charge in [0.25, 0.3) is 5.91 Å². The highest BCUT2D eigenvalue weighted by Crippen LogP contribution is 2.39. The number of amides is 1. The van der Waals surface area contributed by atoms with Crippen molar-refractivity contribution >= 4 is 16.9 Å². The molecule has 0 spiro atoms. The molecule has 1 atom stereocenters. The summed E-state index contributed by atoms with van der Waals surface area (Å²) in [4.78, 5) is 31.2. The van der Waals surface area contributed by atoms with E-state index >= 15 is 0 Å². The van der Waals surface area contributed by atoms with Gasteiger partial charge in [-0.2, -0.15) is 0 Å². The van der Waals surface area contributed by atoms with Gasteiger partial charge in [-0.3, -0.25) is 9.59 Å². The van der Waals surface area contributed by atoms with Gasteiger partial charge in [0.2, 0.25) is 5.76 Å². The quantitative estimate of drug-likeness (QED) is 0.443. The summed E-state index contributed by atoms with van der Waals surface area (Å²) >= 11 is 0. The van der Waals surface area contributed by atoms with Crippen LogP contribution in [0, 0.1) is 0 Å². The lowest BCUT2D eigenvalue weighted by molar-refractivity contribution is 0.0720. The third kappa shape index (κ3) is 4.53. The maximum absolute atomic E-state index is 13.5. The summed E-state index contributed by atoms with van der Waals surface area (Å²) in [6, 6.07) is 14.4. The van der Waals surface area contributed by atoms with Gasteiger partial charge < -0.3 is 19.0 Å². The van der Waals surface area contributed by atoms with Crippen molar-refractivity contribution in [2.75, 3.05) is 32.8 Å². The number of hydrogen-bond donors (Lipinski definition) is 0. The van der Waals surface area contributed by atoms with Crippen LogP contribution in [0.2, 0.25) is 0 Å². The maximum Gasteiger partial charge on any atom is 0.290 e. The number of carbonyl (C=O) groups is 1. The van der Waals surface area contributed by atoms with E-state index in [1.165, 1.54) is 0 Å². The van der Waals surface area contributed by atoms with Crippen molar-refractivity contribution in [3.63, 3.8) is 0 Å². The molecule has 0 saturated heterocycles. The highest BCUT2D eigenvalue weighted by molar-refractivity contribution is 5.99. The SMILES string of the molecule is CCCOc1cccc([C@@H]2c3c(oc4ccccc4c3=O)C(=O)N2CCCN(CC)CC)c1. The molecular weight excluding hydrogens is 416 g/mol. The largest absolute Gasteiger partial charge is 0.494 e. The number of para-hydroxylation sites is 1. The number of hydrogen-bond acceptors (Lipinski definition) is 5. The summed E-state index contributed by atoms with van der Waals surface area (Å²) < 4.78 is 11.8. The van der Waals surface area contributed by atoms with Crippen LogP contribution in [-0.4, -0.2) is 48.5 Å².